The number of hydrogen-bond acceptors (Lipinski definition) is 6. The highest BCUT2D eigenvalue weighted by Crippen LogP contribution is 2.23. The van der Waals surface area contributed by atoms with Crippen molar-refractivity contribution in [2.24, 2.45) is 5.92 Å². The zero-order chi connectivity index (χ0) is 18.3. The van der Waals surface area contributed by atoms with E-state index in [0.29, 0.717) is 25.7 Å². The Kier molecular flexibility index (Phi) is 4.64. The van der Waals surface area contributed by atoms with Gasteiger partial charge in [0, 0.05) is 55.1 Å². The Morgan fingerprint density at radius 3 is 2.96 bits per heavy atom. The van der Waals surface area contributed by atoms with Crippen molar-refractivity contribution in [1.29, 1.82) is 0 Å². The van der Waals surface area contributed by atoms with Crippen molar-refractivity contribution in [2.45, 2.75) is 26.4 Å². The molecule has 2 bridgehead atoms. The van der Waals surface area contributed by atoms with Gasteiger partial charge in [-0.2, -0.15) is 5.10 Å². The maximum atomic E-state index is 11.1. The van der Waals surface area contributed by atoms with E-state index in [4.69, 9.17) is 9.84 Å². The maximum absolute atomic E-state index is 11.1. The molecule has 2 atom stereocenters. The summed E-state index contributed by atoms with van der Waals surface area (Å²) in [6, 6.07) is 2.21. The number of fused-ring (bicyclic) bond motifs is 4. The Morgan fingerprint density at radius 2 is 2.15 bits per heavy atom. The molecule has 2 aliphatic rings. The molecule has 0 unspecified atom stereocenters. The first kappa shape index (κ1) is 17.4. The van der Waals surface area contributed by atoms with Crippen molar-refractivity contribution >= 4 is 11.6 Å². The summed E-state index contributed by atoms with van der Waals surface area (Å²) >= 11 is 0. The summed E-state index contributed by atoms with van der Waals surface area (Å²) in [6.45, 7) is 8.60. The lowest BCUT2D eigenvalue weighted by atomic mass is 10.1. The summed E-state index contributed by atoms with van der Waals surface area (Å²) < 4.78 is 7.73. The zero-order valence-electron chi connectivity index (χ0n) is 15.3. The minimum atomic E-state index is -0.768. The number of ether oxygens (including phenoxy) is 1. The number of rotatable bonds is 4. The van der Waals surface area contributed by atoms with E-state index in [1.807, 2.05) is 35.5 Å². The van der Waals surface area contributed by atoms with Gasteiger partial charge in [-0.15, -0.1) is 0 Å². The number of carbonyl (C=O) groups is 1. The third-order valence-corrected chi connectivity index (χ3v) is 5.24. The molecule has 1 N–H and O–H groups in total. The molecular weight excluding hydrogens is 334 g/mol. The molecule has 0 saturated carbocycles. The van der Waals surface area contributed by atoms with Gasteiger partial charge in [-0.05, 0) is 19.9 Å². The molecule has 0 aliphatic carbocycles. The van der Waals surface area contributed by atoms with Crippen LogP contribution in [0.1, 0.15) is 17.0 Å². The van der Waals surface area contributed by atoms with Crippen LogP contribution < -0.4 is 0 Å². The SMILES string of the molecule is Cc1cc(C)n2ncc(CN3C[C@H]4COC[C@@H]3CN(CC(=O)O)C4)c2n1. The molecule has 2 aromatic rings. The van der Waals surface area contributed by atoms with Crippen LogP contribution in [0.5, 0.6) is 0 Å². The van der Waals surface area contributed by atoms with Crippen LogP contribution in [-0.4, -0.2) is 80.9 Å². The van der Waals surface area contributed by atoms with E-state index < -0.39 is 5.97 Å². The third-order valence-electron chi connectivity index (χ3n) is 5.24. The molecule has 0 radical (unpaired) electrons. The summed E-state index contributed by atoms with van der Waals surface area (Å²) in [5.41, 5.74) is 4.07. The average molecular weight is 359 g/mol. The fourth-order valence-electron chi connectivity index (χ4n) is 4.19. The quantitative estimate of drug-likeness (QED) is 0.854. The van der Waals surface area contributed by atoms with Crippen LogP contribution in [0.3, 0.4) is 0 Å². The van der Waals surface area contributed by atoms with Crippen molar-refractivity contribution < 1.29 is 14.6 Å². The van der Waals surface area contributed by atoms with E-state index in [2.05, 4.69) is 15.0 Å². The first-order chi connectivity index (χ1) is 12.5. The normalized spacial score (nSPS) is 24.7. The fraction of sp³-hybridized carbons (Fsp3) is 0.611. The van der Waals surface area contributed by atoms with Gasteiger partial charge in [-0.1, -0.05) is 0 Å². The Hall–Kier alpha value is -2.03. The van der Waals surface area contributed by atoms with Crippen LogP contribution in [0.25, 0.3) is 5.65 Å². The van der Waals surface area contributed by atoms with E-state index in [-0.39, 0.29) is 12.6 Å². The number of aromatic nitrogens is 3. The molecule has 26 heavy (non-hydrogen) atoms. The largest absolute Gasteiger partial charge is 0.480 e. The average Bonchev–Trinajstić information content (AvgIpc) is 2.74. The molecule has 2 aliphatic heterocycles. The van der Waals surface area contributed by atoms with Gasteiger partial charge in [0.1, 0.15) is 0 Å². The monoisotopic (exact) mass is 359 g/mol. The van der Waals surface area contributed by atoms with Gasteiger partial charge in [0.15, 0.2) is 5.65 Å². The fourth-order valence-corrected chi connectivity index (χ4v) is 4.19. The van der Waals surface area contributed by atoms with E-state index in [9.17, 15) is 4.79 Å². The number of hydrogen-bond donors (Lipinski definition) is 1. The third kappa shape index (κ3) is 3.44. The van der Waals surface area contributed by atoms with Crippen LogP contribution in [0.15, 0.2) is 12.3 Å². The molecule has 4 heterocycles. The summed E-state index contributed by atoms with van der Waals surface area (Å²) in [4.78, 5) is 20.3. The van der Waals surface area contributed by atoms with Gasteiger partial charge in [0.05, 0.1) is 26.0 Å². The second-order valence-corrected chi connectivity index (χ2v) is 7.52. The molecule has 0 aromatic carbocycles. The highest BCUT2D eigenvalue weighted by atomic mass is 16.5. The lowest BCUT2D eigenvalue weighted by Crippen LogP contribution is -2.44. The zero-order valence-corrected chi connectivity index (χ0v) is 15.3. The van der Waals surface area contributed by atoms with Crippen LogP contribution >= 0.6 is 0 Å². The number of nitrogens with zero attached hydrogens (tertiary/aromatic N) is 5. The van der Waals surface area contributed by atoms with Crippen molar-refractivity contribution in [2.75, 3.05) is 39.4 Å². The molecule has 8 heteroatoms. The predicted molar refractivity (Wildman–Crippen MR) is 95.0 cm³/mol. The Labute approximate surface area is 152 Å². The van der Waals surface area contributed by atoms with Gasteiger partial charge in [0.25, 0.3) is 0 Å². The minimum absolute atomic E-state index is 0.0947. The lowest BCUT2D eigenvalue weighted by Gasteiger charge is -2.30. The summed E-state index contributed by atoms with van der Waals surface area (Å²) in [7, 11) is 0. The molecule has 8 nitrogen and oxygen atoms in total. The van der Waals surface area contributed by atoms with Crippen LogP contribution in [0, 0.1) is 19.8 Å². The number of aliphatic carboxylic acids is 1. The van der Waals surface area contributed by atoms with Gasteiger partial charge in [-0.25, -0.2) is 9.50 Å². The molecule has 0 amide bonds. The number of aryl methyl sites for hydroxylation is 2. The predicted octanol–water partition coefficient (Wildman–Crippen LogP) is 0.563. The number of carboxylic acids is 1. The van der Waals surface area contributed by atoms with Crippen LogP contribution in [0.2, 0.25) is 0 Å². The smallest absolute Gasteiger partial charge is 0.317 e. The van der Waals surface area contributed by atoms with Crippen LogP contribution in [-0.2, 0) is 16.1 Å². The molecule has 2 saturated heterocycles. The van der Waals surface area contributed by atoms with E-state index in [1.54, 1.807) is 0 Å². The van der Waals surface area contributed by atoms with E-state index >= 15 is 0 Å². The van der Waals surface area contributed by atoms with Gasteiger partial charge >= 0.3 is 5.97 Å². The van der Waals surface area contributed by atoms with E-state index in [1.165, 1.54) is 0 Å². The highest BCUT2D eigenvalue weighted by Gasteiger charge is 2.34. The molecule has 4 rings (SSSR count). The van der Waals surface area contributed by atoms with E-state index in [0.717, 1.165) is 42.2 Å². The van der Waals surface area contributed by atoms with Crippen LogP contribution in [0.4, 0.5) is 0 Å². The molecule has 140 valence electrons. The molecule has 0 spiro atoms. The van der Waals surface area contributed by atoms with Gasteiger partial charge in [0.2, 0.25) is 0 Å². The Balaban J connectivity index is 1.59. The Morgan fingerprint density at radius 1 is 1.31 bits per heavy atom. The summed E-state index contributed by atoms with van der Waals surface area (Å²) in [5.74, 6) is -0.449. The number of carboxylic acid groups (broad SMARTS) is 1. The topological polar surface area (TPSA) is 83.2 Å². The minimum Gasteiger partial charge on any atom is -0.480 e. The maximum Gasteiger partial charge on any atom is 0.317 e. The van der Waals surface area contributed by atoms with Crippen molar-refractivity contribution in [3.05, 3.63) is 29.2 Å². The second-order valence-electron chi connectivity index (χ2n) is 7.52. The standard InChI is InChI=1S/C18H25N5O3/c1-12-3-13(2)23-18(20-12)15(4-19-23)7-22-6-14-5-21(9-17(24)25)8-16(22)11-26-10-14/h3-4,14,16H,5-11H2,1-2H3,(H,24,25)/t14-,16-/m0/s1. The van der Waals surface area contributed by atoms with Gasteiger partial charge in [-0.3, -0.25) is 14.6 Å². The molecule has 2 fully saturated rings. The van der Waals surface area contributed by atoms with Crippen molar-refractivity contribution in [1.82, 2.24) is 24.4 Å². The molecular formula is C18H25N5O3. The van der Waals surface area contributed by atoms with Crippen molar-refractivity contribution in [3.8, 4) is 0 Å². The summed E-state index contributed by atoms with van der Waals surface area (Å²) in [6.07, 6.45) is 1.90. The van der Waals surface area contributed by atoms with Crippen molar-refractivity contribution in [3.63, 3.8) is 0 Å². The highest BCUT2D eigenvalue weighted by molar-refractivity contribution is 5.69. The van der Waals surface area contributed by atoms with Gasteiger partial charge < -0.3 is 9.84 Å². The lowest BCUT2D eigenvalue weighted by molar-refractivity contribution is -0.138. The molecule has 2 aromatic heterocycles. The first-order valence-electron chi connectivity index (χ1n) is 9.06. The second kappa shape index (κ2) is 6.94. The Bertz CT molecular complexity index is 821. The first-order valence-corrected chi connectivity index (χ1v) is 9.06. The summed E-state index contributed by atoms with van der Waals surface area (Å²) in [5, 5.41) is 13.7.